The number of rotatable bonds is 4. The lowest BCUT2D eigenvalue weighted by molar-refractivity contribution is 0.0293. The van der Waals surface area contributed by atoms with Crippen LogP contribution in [0, 0.1) is 5.82 Å². The van der Waals surface area contributed by atoms with Gasteiger partial charge in [-0.1, -0.05) is 17.7 Å². The highest BCUT2D eigenvalue weighted by Gasteiger charge is 2.47. The molecule has 0 spiro atoms. The summed E-state index contributed by atoms with van der Waals surface area (Å²) in [5.41, 5.74) is 3.32. The van der Waals surface area contributed by atoms with Crippen molar-refractivity contribution < 1.29 is 27.1 Å². The molecule has 3 N–H and O–H groups in total. The highest BCUT2D eigenvalue weighted by atomic mass is 35.5. The minimum atomic E-state index is -3.00. The maximum Gasteiger partial charge on any atom is 0.333 e. The van der Waals surface area contributed by atoms with Gasteiger partial charge in [0.2, 0.25) is 11.7 Å². The number of amides is 1. The lowest BCUT2D eigenvalue weighted by atomic mass is 9.92. The maximum atomic E-state index is 14.9. The molecule has 12 heteroatoms. The number of aliphatic imine (C=N–C) groups is 1. The van der Waals surface area contributed by atoms with E-state index >= 15 is 0 Å². The van der Waals surface area contributed by atoms with Gasteiger partial charge >= 0.3 is 6.55 Å². The van der Waals surface area contributed by atoms with Crippen LogP contribution in [-0.2, 0) is 4.74 Å². The van der Waals surface area contributed by atoms with Crippen LogP contribution in [0.4, 0.5) is 23.2 Å². The number of carbonyl (C=O) groups is 1. The fourth-order valence-corrected chi connectivity index (χ4v) is 2.66. The molecule has 2 aromatic rings. The number of aromatic nitrogens is 2. The zero-order chi connectivity index (χ0) is 21.6. The van der Waals surface area contributed by atoms with Gasteiger partial charge in [0, 0.05) is 0 Å². The van der Waals surface area contributed by atoms with Crippen molar-refractivity contribution in [3.05, 3.63) is 46.5 Å². The minimum absolute atomic E-state index is 0.195. The summed E-state index contributed by atoms with van der Waals surface area (Å²) in [6, 6.07) is 3.85. The predicted octanol–water partition coefficient (Wildman–Crippen LogP) is 3.50. The first-order chi connectivity index (χ1) is 13.4. The molecule has 3 rings (SSSR count). The molecule has 0 saturated heterocycles. The molecule has 1 amide bonds. The Bertz CT molecular complexity index is 990. The van der Waals surface area contributed by atoms with Crippen molar-refractivity contribution in [1.82, 2.24) is 9.78 Å². The monoisotopic (exact) mass is 433 g/mol. The molecule has 0 bridgehead atoms. The molecule has 2 atom stereocenters. The maximum absolute atomic E-state index is 14.9. The number of benzene rings is 1. The molecule has 1 aliphatic heterocycles. The van der Waals surface area contributed by atoms with E-state index in [9.17, 15) is 22.4 Å². The van der Waals surface area contributed by atoms with Crippen molar-refractivity contribution >= 4 is 29.1 Å². The molecule has 156 valence electrons. The number of nitrogens with zero attached hydrogens (tertiary/aromatic N) is 3. The van der Waals surface area contributed by atoms with Crippen molar-refractivity contribution in [2.45, 2.75) is 31.7 Å². The standard InChI is InChI=1S/C17H16ClF4N5O2/c1-16(23)7-29-14(25-17(16,2)22)8-4-3-5-10(11(8)19)24-13(28)12-9(18)6-27(26-12)15(20)21/h3-6,15H,7,23H2,1-2H3,(H,24,28)/t16-,17+/m1/s1. The van der Waals surface area contributed by atoms with Crippen molar-refractivity contribution in [1.29, 1.82) is 0 Å². The van der Waals surface area contributed by atoms with Crippen LogP contribution < -0.4 is 11.1 Å². The summed E-state index contributed by atoms with van der Waals surface area (Å²) in [6.45, 7) is -0.711. The van der Waals surface area contributed by atoms with E-state index in [1.807, 2.05) is 0 Å². The third-order valence-corrected chi connectivity index (χ3v) is 4.72. The molecule has 0 fully saturated rings. The SMILES string of the molecule is C[C@]1(F)N=C(c2cccc(NC(=O)c3nn(C(F)F)cc3Cl)c2F)OC[C@@]1(C)N. The van der Waals surface area contributed by atoms with E-state index in [1.165, 1.54) is 25.1 Å². The lowest BCUT2D eigenvalue weighted by Crippen LogP contribution is -2.59. The highest BCUT2D eigenvalue weighted by Crippen LogP contribution is 2.32. The average Bonchev–Trinajstić information content (AvgIpc) is 3.01. The average molecular weight is 434 g/mol. The molecular formula is C17H16ClF4N5O2. The number of alkyl halides is 3. The summed E-state index contributed by atoms with van der Waals surface area (Å²) in [6.07, 6.45) is 0.768. The van der Waals surface area contributed by atoms with Gasteiger partial charge in [0.25, 0.3) is 5.91 Å². The molecular weight excluding hydrogens is 418 g/mol. The molecule has 1 aromatic carbocycles. The van der Waals surface area contributed by atoms with Crippen molar-refractivity contribution in [2.75, 3.05) is 11.9 Å². The van der Waals surface area contributed by atoms with Crippen molar-refractivity contribution in [3.63, 3.8) is 0 Å². The van der Waals surface area contributed by atoms with E-state index in [2.05, 4.69) is 15.4 Å². The Morgan fingerprint density at radius 3 is 2.69 bits per heavy atom. The number of halogens is 5. The number of hydrogen-bond donors (Lipinski definition) is 2. The summed E-state index contributed by atoms with van der Waals surface area (Å²) in [5, 5.41) is 5.22. The first kappa shape index (κ1) is 21.1. The Labute approximate surface area is 167 Å². The number of anilines is 1. The Balaban J connectivity index is 1.90. The fourth-order valence-electron chi connectivity index (χ4n) is 2.44. The van der Waals surface area contributed by atoms with Crippen LogP contribution in [0.15, 0.2) is 29.4 Å². The van der Waals surface area contributed by atoms with Gasteiger partial charge < -0.3 is 15.8 Å². The van der Waals surface area contributed by atoms with Crippen LogP contribution in [0.25, 0.3) is 0 Å². The Morgan fingerprint density at radius 2 is 2.10 bits per heavy atom. The van der Waals surface area contributed by atoms with Crippen molar-refractivity contribution in [3.8, 4) is 0 Å². The van der Waals surface area contributed by atoms with E-state index in [1.54, 1.807) is 0 Å². The van der Waals surface area contributed by atoms with Crippen LogP contribution in [0.2, 0.25) is 5.02 Å². The first-order valence-corrected chi connectivity index (χ1v) is 8.64. The molecule has 0 aliphatic carbocycles. The van der Waals surface area contributed by atoms with Gasteiger partial charge in [-0.15, -0.1) is 0 Å². The van der Waals surface area contributed by atoms with Gasteiger partial charge in [0.1, 0.15) is 12.1 Å². The third kappa shape index (κ3) is 3.92. The second-order valence-corrected chi connectivity index (χ2v) is 7.19. The van der Waals surface area contributed by atoms with E-state index in [-0.39, 0.29) is 33.5 Å². The van der Waals surface area contributed by atoms with Crippen molar-refractivity contribution in [2.24, 2.45) is 10.7 Å². The van der Waals surface area contributed by atoms with Gasteiger partial charge in [-0.3, -0.25) is 4.79 Å². The van der Waals surface area contributed by atoms with Crippen LogP contribution >= 0.6 is 11.6 Å². The van der Waals surface area contributed by atoms with Crippen LogP contribution in [0.1, 0.15) is 36.4 Å². The number of nitrogens with one attached hydrogen (secondary N) is 1. The van der Waals surface area contributed by atoms with Gasteiger partial charge in [0.15, 0.2) is 11.5 Å². The minimum Gasteiger partial charge on any atom is -0.475 e. The molecule has 0 radical (unpaired) electrons. The molecule has 1 aromatic heterocycles. The number of nitrogens with two attached hydrogens (primary N) is 1. The quantitative estimate of drug-likeness (QED) is 0.570. The van der Waals surface area contributed by atoms with E-state index in [4.69, 9.17) is 22.1 Å². The second-order valence-electron chi connectivity index (χ2n) is 6.78. The first-order valence-electron chi connectivity index (χ1n) is 8.26. The van der Waals surface area contributed by atoms with E-state index in [0.717, 1.165) is 13.1 Å². The molecule has 1 aliphatic rings. The Kier molecular flexibility index (Phi) is 5.30. The predicted molar refractivity (Wildman–Crippen MR) is 97.4 cm³/mol. The third-order valence-electron chi connectivity index (χ3n) is 4.44. The van der Waals surface area contributed by atoms with E-state index in [0.29, 0.717) is 0 Å². The van der Waals surface area contributed by atoms with Gasteiger partial charge in [-0.2, -0.15) is 13.9 Å². The summed E-state index contributed by atoms with van der Waals surface area (Å²) >= 11 is 5.74. The fraction of sp³-hybridized carbons (Fsp3) is 0.353. The summed E-state index contributed by atoms with van der Waals surface area (Å²) < 4.78 is 60.4. The van der Waals surface area contributed by atoms with Crippen LogP contribution in [-0.4, -0.2) is 39.5 Å². The van der Waals surface area contributed by atoms with E-state index < -0.39 is 35.3 Å². The summed E-state index contributed by atoms with van der Waals surface area (Å²) in [7, 11) is 0. The molecule has 29 heavy (non-hydrogen) atoms. The smallest absolute Gasteiger partial charge is 0.333 e. The lowest BCUT2D eigenvalue weighted by Gasteiger charge is -2.38. The van der Waals surface area contributed by atoms with Crippen LogP contribution in [0.3, 0.4) is 0 Å². The Morgan fingerprint density at radius 1 is 1.41 bits per heavy atom. The van der Waals surface area contributed by atoms with Gasteiger partial charge in [-0.05, 0) is 26.0 Å². The van der Waals surface area contributed by atoms with Gasteiger partial charge in [-0.25, -0.2) is 18.5 Å². The summed E-state index contributed by atoms with van der Waals surface area (Å²) in [5.74, 6) is -4.53. The zero-order valence-electron chi connectivity index (χ0n) is 15.2. The van der Waals surface area contributed by atoms with Gasteiger partial charge in [0.05, 0.1) is 22.5 Å². The highest BCUT2D eigenvalue weighted by molar-refractivity contribution is 6.34. The van der Waals surface area contributed by atoms with Crippen LogP contribution in [0.5, 0.6) is 0 Å². The summed E-state index contributed by atoms with van der Waals surface area (Å²) in [4.78, 5) is 16.0. The molecule has 2 heterocycles. The molecule has 0 unspecified atom stereocenters. The largest absolute Gasteiger partial charge is 0.475 e. The topological polar surface area (TPSA) is 94.5 Å². The molecule has 7 nitrogen and oxygen atoms in total. The zero-order valence-corrected chi connectivity index (χ0v) is 16.0. The number of carbonyl (C=O) groups excluding carboxylic acids is 1. The number of hydrogen-bond acceptors (Lipinski definition) is 5. The number of ether oxygens (including phenoxy) is 1. The normalized spacial score (nSPS) is 24.2. The molecule has 0 saturated carbocycles. The second kappa shape index (κ2) is 7.30. The Hall–Kier alpha value is -2.66.